The molecule has 9 heteroatoms. The van der Waals surface area contributed by atoms with Gasteiger partial charge in [0.25, 0.3) is 0 Å². The molecular formula is C22H17ClN2O4S2. The number of halogens is 1. The second-order valence-electron chi connectivity index (χ2n) is 6.79. The van der Waals surface area contributed by atoms with Gasteiger partial charge in [-0.2, -0.15) is 0 Å². The summed E-state index contributed by atoms with van der Waals surface area (Å²) >= 11 is 7.84. The van der Waals surface area contributed by atoms with Crippen molar-refractivity contribution in [2.24, 2.45) is 0 Å². The van der Waals surface area contributed by atoms with E-state index in [9.17, 15) is 13.2 Å². The van der Waals surface area contributed by atoms with Crippen LogP contribution in [0.5, 0.6) is 5.88 Å². The lowest BCUT2D eigenvalue weighted by molar-refractivity contribution is -0.132. The van der Waals surface area contributed by atoms with Gasteiger partial charge in [-0.25, -0.2) is 13.1 Å². The van der Waals surface area contributed by atoms with Crippen molar-refractivity contribution < 1.29 is 17.9 Å². The highest BCUT2D eigenvalue weighted by Crippen LogP contribution is 2.38. The van der Waals surface area contributed by atoms with Crippen LogP contribution in [0.3, 0.4) is 0 Å². The predicted molar refractivity (Wildman–Crippen MR) is 122 cm³/mol. The number of benzene rings is 2. The molecule has 2 aromatic carbocycles. The number of carbonyl (C=O) groups is 1. The Bertz CT molecular complexity index is 1390. The standard InChI is InChI=1S/C22H17ClN2O4S2/c1-14(26)29-22-13-19(25(24-22)18-9-4-3-8-17(18)23)21-11-10-20(30-21)15-6-5-7-16(12-15)31(2,27)28/h3-13H,1-2H3. The van der Waals surface area contributed by atoms with Gasteiger partial charge in [0, 0.05) is 24.1 Å². The monoisotopic (exact) mass is 472 g/mol. The van der Waals surface area contributed by atoms with E-state index in [1.54, 1.807) is 35.0 Å². The average molecular weight is 473 g/mol. The molecule has 0 aliphatic rings. The maximum atomic E-state index is 11.9. The van der Waals surface area contributed by atoms with E-state index in [2.05, 4.69) is 5.10 Å². The second kappa shape index (κ2) is 8.30. The van der Waals surface area contributed by atoms with E-state index in [4.69, 9.17) is 16.3 Å². The molecule has 0 saturated carbocycles. The summed E-state index contributed by atoms with van der Waals surface area (Å²) in [5, 5.41) is 4.90. The van der Waals surface area contributed by atoms with Gasteiger partial charge in [-0.1, -0.05) is 35.9 Å². The lowest BCUT2D eigenvalue weighted by atomic mass is 10.2. The Hall–Kier alpha value is -2.94. The summed E-state index contributed by atoms with van der Waals surface area (Å²) < 4.78 is 30.6. The largest absolute Gasteiger partial charge is 0.406 e. The summed E-state index contributed by atoms with van der Waals surface area (Å²) in [5.74, 6) is -0.309. The number of hydrogen-bond acceptors (Lipinski definition) is 6. The van der Waals surface area contributed by atoms with Crippen molar-refractivity contribution in [1.82, 2.24) is 9.78 Å². The lowest BCUT2D eigenvalue weighted by Gasteiger charge is -2.07. The Morgan fingerprint density at radius 1 is 1.03 bits per heavy atom. The van der Waals surface area contributed by atoms with Gasteiger partial charge in [-0.3, -0.25) is 4.79 Å². The molecule has 0 amide bonds. The van der Waals surface area contributed by atoms with Crippen LogP contribution in [0.2, 0.25) is 5.02 Å². The van der Waals surface area contributed by atoms with Gasteiger partial charge >= 0.3 is 5.97 Å². The van der Waals surface area contributed by atoms with E-state index in [0.717, 1.165) is 15.3 Å². The van der Waals surface area contributed by atoms with Crippen molar-refractivity contribution >= 4 is 38.7 Å². The smallest absolute Gasteiger partial charge is 0.309 e. The van der Waals surface area contributed by atoms with E-state index < -0.39 is 15.8 Å². The molecule has 0 N–H and O–H groups in total. The van der Waals surface area contributed by atoms with Crippen LogP contribution in [0.1, 0.15) is 6.92 Å². The zero-order valence-corrected chi connectivity index (χ0v) is 19.0. The molecule has 0 atom stereocenters. The Kier molecular flexibility index (Phi) is 5.70. The third kappa shape index (κ3) is 4.56. The number of thiophene rings is 1. The van der Waals surface area contributed by atoms with Gasteiger partial charge in [-0.05, 0) is 42.0 Å². The number of hydrogen-bond donors (Lipinski definition) is 0. The molecule has 0 aliphatic carbocycles. The highest BCUT2D eigenvalue weighted by Gasteiger charge is 2.18. The minimum Gasteiger partial charge on any atom is -0.406 e. The van der Waals surface area contributed by atoms with Crippen molar-refractivity contribution in [1.29, 1.82) is 0 Å². The summed E-state index contributed by atoms with van der Waals surface area (Å²) in [4.78, 5) is 13.4. The Morgan fingerprint density at radius 3 is 2.48 bits per heavy atom. The Morgan fingerprint density at radius 2 is 1.77 bits per heavy atom. The topological polar surface area (TPSA) is 78.3 Å². The molecule has 0 aliphatic heterocycles. The second-order valence-corrected chi connectivity index (χ2v) is 10.3. The first-order valence-corrected chi connectivity index (χ1v) is 12.2. The fourth-order valence-electron chi connectivity index (χ4n) is 3.05. The van der Waals surface area contributed by atoms with Gasteiger partial charge < -0.3 is 4.74 Å². The fraction of sp³-hybridized carbons (Fsp3) is 0.0909. The highest BCUT2D eigenvalue weighted by atomic mass is 35.5. The number of nitrogens with zero attached hydrogens (tertiary/aromatic N) is 2. The molecule has 4 rings (SSSR count). The van der Waals surface area contributed by atoms with Gasteiger partial charge in [0.15, 0.2) is 9.84 Å². The number of sulfone groups is 1. The van der Waals surface area contributed by atoms with E-state index in [1.165, 1.54) is 24.5 Å². The van der Waals surface area contributed by atoms with Crippen LogP contribution in [0, 0.1) is 0 Å². The van der Waals surface area contributed by atoms with Crippen LogP contribution in [0.15, 0.2) is 71.6 Å². The molecule has 0 unspecified atom stereocenters. The zero-order valence-electron chi connectivity index (χ0n) is 16.6. The number of rotatable bonds is 5. The van der Waals surface area contributed by atoms with Crippen molar-refractivity contribution in [3.8, 4) is 32.6 Å². The number of esters is 1. The normalized spacial score (nSPS) is 11.5. The minimum atomic E-state index is -3.31. The molecule has 2 heterocycles. The fourth-order valence-corrected chi connectivity index (χ4v) is 4.94. The first-order chi connectivity index (χ1) is 14.7. The zero-order chi connectivity index (χ0) is 22.2. The van der Waals surface area contributed by atoms with Crippen molar-refractivity contribution in [3.05, 3.63) is 71.8 Å². The third-order valence-electron chi connectivity index (χ3n) is 4.42. The molecule has 31 heavy (non-hydrogen) atoms. The molecule has 158 valence electrons. The summed E-state index contributed by atoms with van der Waals surface area (Å²) in [6, 6.07) is 19.5. The first kappa shape index (κ1) is 21.3. The number of para-hydroxylation sites is 1. The number of ether oxygens (including phenoxy) is 1. The summed E-state index contributed by atoms with van der Waals surface area (Å²) in [7, 11) is -3.31. The van der Waals surface area contributed by atoms with Gasteiger partial charge in [0.2, 0.25) is 5.88 Å². The maximum absolute atomic E-state index is 11.9. The molecule has 0 spiro atoms. The van der Waals surface area contributed by atoms with Gasteiger partial charge in [-0.15, -0.1) is 16.4 Å². The first-order valence-electron chi connectivity index (χ1n) is 9.16. The molecule has 0 bridgehead atoms. The van der Waals surface area contributed by atoms with E-state index >= 15 is 0 Å². The minimum absolute atomic E-state index is 0.163. The molecule has 0 fully saturated rings. The Labute approximate surface area is 188 Å². The average Bonchev–Trinajstić information content (AvgIpc) is 3.34. The van der Waals surface area contributed by atoms with Crippen LogP contribution >= 0.6 is 22.9 Å². The molecule has 0 saturated heterocycles. The summed E-state index contributed by atoms with van der Waals surface area (Å²) in [6.45, 7) is 1.31. The molecule has 6 nitrogen and oxygen atoms in total. The molecule has 4 aromatic rings. The van der Waals surface area contributed by atoms with Crippen LogP contribution in [0.25, 0.3) is 26.7 Å². The predicted octanol–water partition coefficient (Wildman–Crippen LogP) is 5.25. The molecule has 2 aromatic heterocycles. The van der Waals surface area contributed by atoms with Gasteiger partial charge in [0.1, 0.15) is 0 Å². The van der Waals surface area contributed by atoms with Crippen LogP contribution in [0.4, 0.5) is 0 Å². The quantitative estimate of drug-likeness (QED) is 0.371. The number of aromatic nitrogens is 2. The van der Waals surface area contributed by atoms with E-state index in [0.29, 0.717) is 16.4 Å². The van der Waals surface area contributed by atoms with E-state index in [1.807, 2.05) is 36.4 Å². The van der Waals surface area contributed by atoms with Crippen molar-refractivity contribution in [3.63, 3.8) is 0 Å². The van der Waals surface area contributed by atoms with Gasteiger partial charge in [0.05, 0.1) is 26.2 Å². The maximum Gasteiger partial charge on any atom is 0.309 e. The van der Waals surface area contributed by atoms with Crippen LogP contribution in [-0.4, -0.2) is 30.4 Å². The summed E-state index contributed by atoms with van der Waals surface area (Å²) in [6.07, 6.45) is 1.19. The SMILES string of the molecule is CC(=O)Oc1cc(-c2ccc(-c3cccc(S(C)(=O)=O)c3)s2)n(-c2ccccc2Cl)n1. The highest BCUT2D eigenvalue weighted by molar-refractivity contribution is 7.90. The van der Waals surface area contributed by atoms with Crippen LogP contribution < -0.4 is 4.74 Å². The summed E-state index contributed by atoms with van der Waals surface area (Å²) in [5.41, 5.74) is 2.13. The number of carbonyl (C=O) groups excluding carboxylic acids is 1. The Balaban J connectivity index is 1.81. The molecule has 0 radical (unpaired) electrons. The molecular weight excluding hydrogens is 456 g/mol. The van der Waals surface area contributed by atoms with Crippen molar-refractivity contribution in [2.45, 2.75) is 11.8 Å². The van der Waals surface area contributed by atoms with Crippen molar-refractivity contribution in [2.75, 3.05) is 6.26 Å². The third-order valence-corrected chi connectivity index (χ3v) is 7.01. The van der Waals surface area contributed by atoms with Crippen LogP contribution in [-0.2, 0) is 14.6 Å². The lowest BCUT2D eigenvalue weighted by Crippen LogP contribution is -2.03. The van der Waals surface area contributed by atoms with E-state index in [-0.39, 0.29) is 10.8 Å².